The SMILES string of the molecule is Nc1cc(Cl)n[nH]c1=O. The van der Waals surface area contributed by atoms with Crippen molar-refractivity contribution < 1.29 is 0 Å². The number of anilines is 1. The van der Waals surface area contributed by atoms with Gasteiger partial charge in [0.2, 0.25) is 0 Å². The lowest BCUT2D eigenvalue weighted by molar-refractivity contribution is 0.994. The molecule has 0 saturated carbocycles. The van der Waals surface area contributed by atoms with Crippen LogP contribution < -0.4 is 11.3 Å². The molecule has 0 amide bonds. The van der Waals surface area contributed by atoms with Gasteiger partial charge in [0.15, 0.2) is 5.15 Å². The van der Waals surface area contributed by atoms with Gasteiger partial charge in [-0.25, -0.2) is 5.10 Å². The molecule has 0 bridgehead atoms. The molecule has 0 atom stereocenters. The number of halogens is 1. The molecule has 5 heteroatoms. The standard InChI is InChI=1S/C4H4ClN3O/c5-3-1-2(6)4(9)8-7-3/h1H,(H2,6,7)(H,8,9). The van der Waals surface area contributed by atoms with E-state index in [-0.39, 0.29) is 10.8 Å². The Morgan fingerprint density at radius 1 is 1.78 bits per heavy atom. The van der Waals surface area contributed by atoms with Crippen molar-refractivity contribution >= 4 is 17.3 Å². The molecule has 0 aliphatic carbocycles. The first-order valence-electron chi connectivity index (χ1n) is 2.21. The highest BCUT2D eigenvalue weighted by Gasteiger charge is 1.93. The molecule has 0 fully saturated rings. The topological polar surface area (TPSA) is 71.8 Å². The van der Waals surface area contributed by atoms with E-state index in [2.05, 4.69) is 10.2 Å². The Morgan fingerprint density at radius 2 is 2.44 bits per heavy atom. The molecule has 4 nitrogen and oxygen atoms in total. The van der Waals surface area contributed by atoms with Crippen LogP contribution >= 0.6 is 11.6 Å². The minimum atomic E-state index is -0.417. The van der Waals surface area contributed by atoms with E-state index in [4.69, 9.17) is 17.3 Å². The maximum absolute atomic E-state index is 10.5. The molecule has 0 aliphatic rings. The Labute approximate surface area is 55.6 Å². The molecule has 1 heterocycles. The maximum Gasteiger partial charge on any atom is 0.287 e. The summed E-state index contributed by atoms with van der Waals surface area (Å²) in [5.41, 5.74) is 4.81. The van der Waals surface area contributed by atoms with Crippen molar-refractivity contribution in [2.24, 2.45) is 0 Å². The average Bonchev–Trinajstić information content (AvgIpc) is 1.80. The number of H-pyrrole nitrogens is 1. The van der Waals surface area contributed by atoms with E-state index in [1.54, 1.807) is 0 Å². The summed E-state index contributed by atoms with van der Waals surface area (Å²) in [6.45, 7) is 0. The molecule has 0 aliphatic heterocycles. The van der Waals surface area contributed by atoms with Crippen molar-refractivity contribution in [2.75, 3.05) is 5.73 Å². The maximum atomic E-state index is 10.5. The molecular weight excluding hydrogens is 142 g/mol. The minimum absolute atomic E-state index is 0.0787. The fraction of sp³-hybridized carbons (Fsp3) is 0. The van der Waals surface area contributed by atoms with Crippen molar-refractivity contribution in [1.29, 1.82) is 0 Å². The summed E-state index contributed by atoms with van der Waals surface area (Å²) in [7, 11) is 0. The van der Waals surface area contributed by atoms with Gasteiger partial charge in [0, 0.05) is 6.07 Å². The van der Waals surface area contributed by atoms with Crippen molar-refractivity contribution in [2.45, 2.75) is 0 Å². The molecule has 0 unspecified atom stereocenters. The van der Waals surface area contributed by atoms with E-state index >= 15 is 0 Å². The minimum Gasteiger partial charge on any atom is -0.394 e. The second kappa shape index (κ2) is 2.06. The largest absolute Gasteiger partial charge is 0.394 e. The summed E-state index contributed by atoms with van der Waals surface area (Å²) in [5, 5.41) is 5.68. The molecule has 48 valence electrons. The number of hydrogen-bond donors (Lipinski definition) is 2. The smallest absolute Gasteiger partial charge is 0.287 e. The Morgan fingerprint density at radius 3 is 2.89 bits per heavy atom. The van der Waals surface area contributed by atoms with Gasteiger partial charge in [-0.1, -0.05) is 11.6 Å². The lowest BCUT2D eigenvalue weighted by Gasteiger charge is -1.88. The normalized spacial score (nSPS) is 9.44. The summed E-state index contributed by atoms with van der Waals surface area (Å²) in [4.78, 5) is 10.5. The van der Waals surface area contributed by atoms with Crippen LogP contribution in [0.15, 0.2) is 10.9 Å². The Balaban J connectivity index is 3.34. The highest BCUT2D eigenvalue weighted by Crippen LogP contribution is 2.00. The van der Waals surface area contributed by atoms with Gasteiger partial charge in [-0.2, -0.15) is 5.10 Å². The molecule has 9 heavy (non-hydrogen) atoms. The van der Waals surface area contributed by atoms with Crippen LogP contribution in [0, 0.1) is 0 Å². The highest BCUT2D eigenvalue weighted by molar-refractivity contribution is 6.29. The third-order valence-electron chi connectivity index (χ3n) is 0.801. The molecule has 0 spiro atoms. The van der Waals surface area contributed by atoms with Crippen molar-refractivity contribution in [3.8, 4) is 0 Å². The third-order valence-corrected chi connectivity index (χ3v) is 0.995. The predicted octanol–water partition coefficient (Wildman–Crippen LogP) is 0.00550. The number of hydrogen-bond acceptors (Lipinski definition) is 3. The second-order valence-corrected chi connectivity index (χ2v) is 1.86. The molecular formula is C4H4ClN3O. The van der Waals surface area contributed by atoms with E-state index in [1.807, 2.05) is 0 Å². The van der Waals surface area contributed by atoms with Gasteiger partial charge in [0.1, 0.15) is 5.69 Å². The van der Waals surface area contributed by atoms with Crippen LogP contribution in [0.2, 0.25) is 5.15 Å². The van der Waals surface area contributed by atoms with Crippen LogP contribution in [0.5, 0.6) is 0 Å². The third kappa shape index (κ3) is 1.20. The van der Waals surface area contributed by atoms with E-state index in [9.17, 15) is 4.79 Å². The lowest BCUT2D eigenvalue weighted by atomic mass is 10.5. The molecule has 1 rings (SSSR count). The summed E-state index contributed by atoms with van der Waals surface area (Å²) in [6, 6.07) is 1.29. The summed E-state index contributed by atoms with van der Waals surface area (Å²) < 4.78 is 0. The van der Waals surface area contributed by atoms with Gasteiger partial charge in [-0.15, -0.1) is 0 Å². The number of nitrogens with zero attached hydrogens (tertiary/aromatic N) is 1. The number of nitrogen functional groups attached to an aromatic ring is 1. The van der Waals surface area contributed by atoms with E-state index in [0.717, 1.165) is 0 Å². The van der Waals surface area contributed by atoms with Gasteiger partial charge in [-0.05, 0) is 0 Å². The van der Waals surface area contributed by atoms with Crippen molar-refractivity contribution in [3.05, 3.63) is 21.6 Å². The zero-order chi connectivity index (χ0) is 6.85. The summed E-state index contributed by atoms with van der Waals surface area (Å²) in [6.07, 6.45) is 0. The van der Waals surface area contributed by atoms with E-state index in [1.165, 1.54) is 6.07 Å². The lowest BCUT2D eigenvalue weighted by Crippen LogP contribution is -2.12. The fourth-order valence-corrected chi connectivity index (χ4v) is 0.555. The van der Waals surface area contributed by atoms with Crippen molar-refractivity contribution in [3.63, 3.8) is 0 Å². The Bertz CT molecular complexity index is 269. The first-order valence-corrected chi connectivity index (χ1v) is 2.58. The fourth-order valence-electron chi connectivity index (χ4n) is 0.395. The molecule has 1 aromatic heterocycles. The number of nitrogens with one attached hydrogen (secondary N) is 1. The summed E-state index contributed by atoms with van der Waals surface area (Å²) in [5.74, 6) is 0. The Kier molecular flexibility index (Phi) is 1.40. The van der Waals surface area contributed by atoms with Gasteiger partial charge < -0.3 is 5.73 Å². The summed E-state index contributed by atoms with van der Waals surface area (Å²) >= 11 is 5.36. The molecule has 1 aromatic rings. The first-order chi connectivity index (χ1) is 4.20. The van der Waals surface area contributed by atoms with Gasteiger partial charge in [0.25, 0.3) is 5.56 Å². The Hall–Kier alpha value is -1.03. The number of aromatic amines is 1. The van der Waals surface area contributed by atoms with Gasteiger partial charge in [-0.3, -0.25) is 4.79 Å². The van der Waals surface area contributed by atoms with Crippen LogP contribution in [0.1, 0.15) is 0 Å². The number of nitrogens with two attached hydrogens (primary N) is 1. The number of rotatable bonds is 0. The van der Waals surface area contributed by atoms with Gasteiger partial charge >= 0.3 is 0 Å². The van der Waals surface area contributed by atoms with Crippen LogP contribution in [0.25, 0.3) is 0 Å². The zero-order valence-corrected chi connectivity index (χ0v) is 5.14. The van der Waals surface area contributed by atoms with Crippen LogP contribution in [-0.4, -0.2) is 10.2 Å². The number of aromatic nitrogens is 2. The monoisotopic (exact) mass is 145 g/mol. The van der Waals surface area contributed by atoms with E-state index < -0.39 is 5.56 Å². The average molecular weight is 146 g/mol. The molecule has 0 radical (unpaired) electrons. The zero-order valence-electron chi connectivity index (χ0n) is 4.39. The van der Waals surface area contributed by atoms with Crippen molar-refractivity contribution in [1.82, 2.24) is 10.2 Å². The van der Waals surface area contributed by atoms with Crippen LogP contribution in [-0.2, 0) is 0 Å². The van der Waals surface area contributed by atoms with Crippen LogP contribution in [0.4, 0.5) is 5.69 Å². The quantitative estimate of drug-likeness (QED) is 0.540. The second-order valence-electron chi connectivity index (χ2n) is 1.48. The predicted molar refractivity (Wildman–Crippen MR) is 34.3 cm³/mol. The highest BCUT2D eigenvalue weighted by atomic mass is 35.5. The van der Waals surface area contributed by atoms with Gasteiger partial charge in [0.05, 0.1) is 0 Å². The van der Waals surface area contributed by atoms with E-state index in [0.29, 0.717) is 0 Å². The molecule has 0 aromatic carbocycles. The molecule has 0 saturated heterocycles. The first kappa shape index (κ1) is 6.10. The molecule has 3 N–H and O–H groups in total. The van der Waals surface area contributed by atoms with Crippen LogP contribution in [0.3, 0.4) is 0 Å².